The zero-order valence-corrected chi connectivity index (χ0v) is 13.8. The Morgan fingerprint density at radius 3 is 3.00 bits per heavy atom. The normalized spacial score (nSPS) is 23.3. The quantitative estimate of drug-likeness (QED) is 0.684. The molecule has 0 bridgehead atoms. The summed E-state index contributed by atoms with van der Waals surface area (Å²) in [5.74, 6) is 2.24. The highest BCUT2D eigenvalue weighted by atomic mass is 16.5. The van der Waals surface area contributed by atoms with Crippen molar-refractivity contribution >= 4 is 0 Å². The minimum Gasteiger partial charge on any atom is -0.385 e. The summed E-state index contributed by atoms with van der Waals surface area (Å²) in [6.45, 7) is 4.99. The van der Waals surface area contributed by atoms with E-state index >= 15 is 0 Å². The van der Waals surface area contributed by atoms with Crippen LogP contribution in [0.25, 0.3) is 0 Å². The van der Waals surface area contributed by atoms with Crippen LogP contribution in [0.3, 0.4) is 0 Å². The van der Waals surface area contributed by atoms with Crippen LogP contribution in [0.2, 0.25) is 0 Å². The van der Waals surface area contributed by atoms with Crippen molar-refractivity contribution in [1.82, 2.24) is 19.9 Å². The molecule has 1 aliphatic heterocycles. The smallest absolute Gasteiger partial charge is 0.229 e. The van der Waals surface area contributed by atoms with Gasteiger partial charge in [-0.3, -0.25) is 4.90 Å². The molecule has 1 aromatic heterocycles. The van der Waals surface area contributed by atoms with Crippen molar-refractivity contribution in [1.29, 1.82) is 0 Å². The Hall–Kier alpha value is -0.980. The van der Waals surface area contributed by atoms with E-state index in [1.165, 1.54) is 25.7 Å². The van der Waals surface area contributed by atoms with E-state index in [4.69, 9.17) is 9.26 Å². The summed E-state index contributed by atoms with van der Waals surface area (Å²) in [5, 5.41) is 4.14. The lowest BCUT2D eigenvalue weighted by molar-refractivity contribution is 0.0993. The molecule has 0 N–H and O–H groups in total. The molecule has 0 radical (unpaired) electrons. The van der Waals surface area contributed by atoms with Crippen LogP contribution in [0.15, 0.2) is 4.52 Å². The van der Waals surface area contributed by atoms with Crippen LogP contribution in [0.4, 0.5) is 0 Å². The Bertz CT molecular complexity index is 461. The van der Waals surface area contributed by atoms with Gasteiger partial charge < -0.3 is 14.2 Å². The fraction of sp³-hybridized carbons (Fsp3) is 0.875. The van der Waals surface area contributed by atoms with Gasteiger partial charge in [-0.05, 0) is 45.7 Å². The number of likely N-dealkylation sites (tertiary alicyclic amines) is 1. The first kappa shape index (κ1) is 15.9. The summed E-state index contributed by atoms with van der Waals surface area (Å²) in [5.41, 5.74) is 0. The number of hydrogen-bond donors (Lipinski definition) is 0. The number of piperidine rings is 1. The molecule has 1 aromatic rings. The zero-order chi connectivity index (χ0) is 15.4. The highest BCUT2D eigenvalue weighted by molar-refractivity contribution is 5.01. The molecular weight excluding hydrogens is 280 g/mol. The van der Waals surface area contributed by atoms with Crippen LogP contribution in [0, 0.1) is 0 Å². The third kappa shape index (κ3) is 4.27. The minimum absolute atomic E-state index is 0.544. The van der Waals surface area contributed by atoms with Crippen LogP contribution >= 0.6 is 0 Å². The summed E-state index contributed by atoms with van der Waals surface area (Å²) in [7, 11) is 3.99. The van der Waals surface area contributed by atoms with Gasteiger partial charge in [0.25, 0.3) is 0 Å². The van der Waals surface area contributed by atoms with Crippen molar-refractivity contribution < 1.29 is 9.26 Å². The van der Waals surface area contributed by atoms with E-state index in [9.17, 15) is 0 Å². The van der Waals surface area contributed by atoms with E-state index in [0.717, 1.165) is 50.9 Å². The van der Waals surface area contributed by atoms with Gasteiger partial charge in [0, 0.05) is 38.8 Å². The van der Waals surface area contributed by atoms with E-state index in [1.807, 2.05) is 0 Å². The standard InChI is InChI=1S/C16H28N4O2/c1-19(8-4-10-21-2)14-5-3-9-20(11-14)12-15-17-16(22-18-15)13-6-7-13/h13-14H,3-12H2,1-2H3/t14-/m0/s1. The molecule has 2 aliphatic rings. The minimum atomic E-state index is 0.544. The maximum absolute atomic E-state index is 5.36. The number of hydrogen-bond acceptors (Lipinski definition) is 6. The van der Waals surface area contributed by atoms with Gasteiger partial charge in [-0.15, -0.1) is 0 Å². The summed E-state index contributed by atoms with van der Waals surface area (Å²) in [6, 6.07) is 0.625. The lowest BCUT2D eigenvalue weighted by Gasteiger charge is -2.37. The molecule has 1 saturated heterocycles. The topological polar surface area (TPSA) is 54.6 Å². The number of rotatable bonds is 8. The number of methoxy groups -OCH3 is 1. The highest BCUT2D eigenvalue weighted by Crippen LogP contribution is 2.38. The van der Waals surface area contributed by atoms with E-state index in [2.05, 4.69) is 27.0 Å². The first-order chi connectivity index (χ1) is 10.8. The van der Waals surface area contributed by atoms with E-state index in [1.54, 1.807) is 7.11 Å². The van der Waals surface area contributed by atoms with Crippen molar-refractivity contribution in [2.45, 2.75) is 50.6 Å². The fourth-order valence-corrected chi connectivity index (χ4v) is 3.20. The van der Waals surface area contributed by atoms with Gasteiger partial charge in [0.05, 0.1) is 6.54 Å². The van der Waals surface area contributed by atoms with Crippen molar-refractivity contribution in [3.63, 3.8) is 0 Å². The molecule has 124 valence electrons. The molecule has 2 fully saturated rings. The molecule has 0 unspecified atom stereocenters. The monoisotopic (exact) mass is 308 g/mol. The third-order valence-electron chi connectivity index (χ3n) is 4.74. The zero-order valence-electron chi connectivity index (χ0n) is 13.8. The molecule has 0 spiro atoms. The molecule has 6 heteroatoms. The highest BCUT2D eigenvalue weighted by Gasteiger charge is 2.30. The molecule has 0 amide bonds. The number of ether oxygens (including phenoxy) is 1. The molecular formula is C16H28N4O2. The predicted molar refractivity (Wildman–Crippen MR) is 83.7 cm³/mol. The summed E-state index contributed by atoms with van der Waals surface area (Å²) >= 11 is 0. The first-order valence-corrected chi connectivity index (χ1v) is 8.50. The first-order valence-electron chi connectivity index (χ1n) is 8.50. The van der Waals surface area contributed by atoms with Crippen LogP contribution in [-0.4, -0.2) is 66.4 Å². The average molecular weight is 308 g/mol. The molecule has 1 aliphatic carbocycles. The Morgan fingerprint density at radius 1 is 1.36 bits per heavy atom. The molecule has 1 atom stereocenters. The Morgan fingerprint density at radius 2 is 2.23 bits per heavy atom. The van der Waals surface area contributed by atoms with Gasteiger partial charge in [0.2, 0.25) is 5.89 Å². The maximum atomic E-state index is 5.36. The molecule has 6 nitrogen and oxygen atoms in total. The maximum Gasteiger partial charge on any atom is 0.229 e. The average Bonchev–Trinajstić information content (AvgIpc) is 3.28. The Labute approximate surface area is 132 Å². The van der Waals surface area contributed by atoms with E-state index in [0.29, 0.717) is 12.0 Å². The van der Waals surface area contributed by atoms with Gasteiger partial charge in [-0.1, -0.05) is 5.16 Å². The molecule has 1 saturated carbocycles. The van der Waals surface area contributed by atoms with Gasteiger partial charge in [-0.25, -0.2) is 0 Å². The lowest BCUT2D eigenvalue weighted by Crippen LogP contribution is -2.46. The Kier molecular flexibility index (Phi) is 5.44. The molecule has 22 heavy (non-hydrogen) atoms. The number of likely N-dealkylation sites (N-methyl/N-ethyl adjacent to an activating group) is 1. The Balaban J connectivity index is 1.46. The van der Waals surface area contributed by atoms with Crippen LogP contribution < -0.4 is 0 Å². The van der Waals surface area contributed by atoms with Crippen molar-refractivity contribution in [2.24, 2.45) is 0 Å². The van der Waals surface area contributed by atoms with Gasteiger partial charge in [0.15, 0.2) is 5.82 Å². The number of aromatic nitrogens is 2. The SMILES string of the molecule is COCCCN(C)[C@H]1CCCN(Cc2noc(C3CC3)n2)C1. The summed E-state index contributed by atoms with van der Waals surface area (Å²) in [4.78, 5) is 9.48. The van der Waals surface area contributed by atoms with Crippen molar-refractivity contribution in [3.05, 3.63) is 11.7 Å². The van der Waals surface area contributed by atoms with Crippen LogP contribution in [-0.2, 0) is 11.3 Å². The van der Waals surface area contributed by atoms with Crippen molar-refractivity contribution in [2.75, 3.05) is 40.4 Å². The van der Waals surface area contributed by atoms with E-state index < -0.39 is 0 Å². The van der Waals surface area contributed by atoms with Crippen LogP contribution in [0.5, 0.6) is 0 Å². The summed E-state index contributed by atoms with van der Waals surface area (Å²) < 4.78 is 10.5. The van der Waals surface area contributed by atoms with Gasteiger partial charge in [-0.2, -0.15) is 4.98 Å². The second-order valence-electron chi connectivity index (χ2n) is 6.68. The second kappa shape index (κ2) is 7.53. The van der Waals surface area contributed by atoms with Gasteiger partial charge in [0.1, 0.15) is 0 Å². The largest absolute Gasteiger partial charge is 0.385 e. The fourth-order valence-electron chi connectivity index (χ4n) is 3.20. The second-order valence-corrected chi connectivity index (χ2v) is 6.68. The van der Waals surface area contributed by atoms with Crippen molar-refractivity contribution in [3.8, 4) is 0 Å². The van der Waals surface area contributed by atoms with Gasteiger partial charge >= 0.3 is 0 Å². The van der Waals surface area contributed by atoms with Crippen LogP contribution in [0.1, 0.15) is 49.7 Å². The summed E-state index contributed by atoms with van der Waals surface area (Å²) in [6.07, 6.45) is 6.03. The molecule has 3 rings (SSSR count). The lowest BCUT2D eigenvalue weighted by atomic mass is 10.0. The molecule has 0 aromatic carbocycles. The predicted octanol–water partition coefficient (Wildman–Crippen LogP) is 1.88. The third-order valence-corrected chi connectivity index (χ3v) is 4.74. The molecule has 2 heterocycles. The van der Waals surface area contributed by atoms with E-state index in [-0.39, 0.29) is 0 Å². The number of nitrogens with zero attached hydrogens (tertiary/aromatic N) is 4.